The Morgan fingerprint density at radius 1 is 1.23 bits per heavy atom. The van der Waals surface area contributed by atoms with Gasteiger partial charge in [0.1, 0.15) is 17.2 Å². The maximum atomic E-state index is 13.8. The van der Waals surface area contributed by atoms with Crippen molar-refractivity contribution in [3.05, 3.63) is 46.8 Å². The summed E-state index contributed by atoms with van der Waals surface area (Å²) in [7, 11) is 1.46. The lowest BCUT2D eigenvalue weighted by Crippen LogP contribution is -2.30. The Morgan fingerprint density at radius 2 is 1.85 bits per heavy atom. The molecule has 1 aromatic heterocycles. The van der Waals surface area contributed by atoms with Gasteiger partial charge in [-0.15, -0.1) is 0 Å². The molecule has 0 fully saturated rings. The Labute approximate surface area is 148 Å². The van der Waals surface area contributed by atoms with Crippen LogP contribution in [0.5, 0.6) is 0 Å². The molecule has 4 nitrogen and oxygen atoms in total. The molecule has 0 aliphatic rings. The number of aromatic carboxylic acids is 1. The van der Waals surface area contributed by atoms with Gasteiger partial charge in [0, 0.05) is 18.7 Å². The molecule has 140 valence electrons. The molecule has 2 rings (SSSR count). The monoisotopic (exact) mass is 370 g/mol. The lowest BCUT2D eigenvalue weighted by Gasteiger charge is -2.26. The topological polar surface area (TPSA) is 53.4 Å². The Kier molecular flexibility index (Phi) is 5.25. The molecule has 0 unspecified atom stereocenters. The highest BCUT2D eigenvalue weighted by Crippen LogP contribution is 2.38. The van der Waals surface area contributed by atoms with E-state index in [0.717, 1.165) is 6.07 Å². The quantitative estimate of drug-likeness (QED) is 0.789. The second kappa shape index (κ2) is 6.93. The zero-order valence-electron chi connectivity index (χ0n) is 14.6. The van der Waals surface area contributed by atoms with Crippen LogP contribution in [0, 0.1) is 12.7 Å². The molecule has 0 saturated carbocycles. The number of carbonyl (C=O) groups is 1. The number of pyridine rings is 1. The number of halogens is 4. The minimum Gasteiger partial charge on any atom is -0.478 e. The van der Waals surface area contributed by atoms with Crippen molar-refractivity contribution in [2.24, 2.45) is 0 Å². The van der Waals surface area contributed by atoms with Crippen LogP contribution in [-0.4, -0.2) is 29.1 Å². The average molecular weight is 370 g/mol. The Morgan fingerprint density at radius 3 is 2.31 bits per heavy atom. The van der Waals surface area contributed by atoms with E-state index >= 15 is 0 Å². The zero-order chi connectivity index (χ0) is 19.8. The van der Waals surface area contributed by atoms with Crippen LogP contribution in [-0.2, 0) is 6.18 Å². The van der Waals surface area contributed by atoms with Crippen LogP contribution >= 0.6 is 0 Å². The van der Waals surface area contributed by atoms with Crippen molar-refractivity contribution in [2.45, 2.75) is 33.0 Å². The number of carboxylic acids is 1. The van der Waals surface area contributed by atoms with E-state index in [1.165, 1.54) is 31.0 Å². The van der Waals surface area contributed by atoms with Crippen molar-refractivity contribution in [3.8, 4) is 11.3 Å². The van der Waals surface area contributed by atoms with Gasteiger partial charge in [-0.3, -0.25) is 0 Å². The minimum atomic E-state index is -4.90. The summed E-state index contributed by atoms with van der Waals surface area (Å²) in [6.07, 6.45) is -4.90. The average Bonchev–Trinajstić information content (AvgIpc) is 2.54. The highest BCUT2D eigenvalue weighted by molar-refractivity contribution is 5.96. The standard InChI is InChI=1S/C18H18F4N2O2/c1-9(2)24(4)16-15(17(25)26)12(18(20,21)22)8-14(23-16)11-6-5-10(3)13(19)7-11/h5-9H,1-4H3,(H,25,26). The molecule has 0 bridgehead atoms. The SMILES string of the molecule is Cc1ccc(-c2cc(C(F)(F)F)c(C(=O)O)c(N(C)C(C)C)n2)cc1F. The third kappa shape index (κ3) is 3.79. The van der Waals surface area contributed by atoms with Gasteiger partial charge in [0.25, 0.3) is 0 Å². The lowest BCUT2D eigenvalue weighted by molar-refractivity contribution is -0.138. The van der Waals surface area contributed by atoms with Gasteiger partial charge < -0.3 is 10.0 Å². The van der Waals surface area contributed by atoms with Crippen molar-refractivity contribution < 1.29 is 27.5 Å². The maximum Gasteiger partial charge on any atom is 0.417 e. The number of hydrogen-bond acceptors (Lipinski definition) is 3. The smallest absolute Gasteiger partial charge is 0.417 e. The van der Waals surface area contributed by atoms with E-state index in [1.54, 1.807) is 13.8 Å². The van der Waals surface area contributed by atoms with Gasteiger partial charge in [-0.2, -0.15) is 13.2 Å². The summed E-state index contributed by atoms with van der Waals surface area (Å²) in [4.78, 5) is 17.0. The Bertz CT molecular complexity index is 848. The van der Waals surface area contributed by atoms with Gasteiger partial charge in [0.2, 0.25) is 0 Å². The highest BCUT2D eigenvalue weighted by Gasteiger charge is 2.39. The summed E-state index contributed by atoms with van der Waals surface area (Å²) in [5.74, 6) is -2.63. The summed E-state index contributed by atoms with van der Waals surface area (Å²) in [6.45, 7) is 4.91. The Balaban J connectivity index is 2.84. The van der Waals surface area contributed by atoms with Gasteiger partial charge in [0.15, 0.2) is 0 Å². The molecule has 0 radical (unpaired) electrons. The van der Waals surface area contributed by atoms with Gasteiger partial charge in [-0.1, -0.05) is 12.1 Å². The van der Waals surface area contributed by atoms with Crippen molar-refractivity contribution in [1.82, 2.24) is 4.98 Å². The van der Waals surface area contributed by atoms with Crippen LogP contribution in [0.1, 0.15) is 35.3 Å². The fourth-order valence-electron chi connectivity index (χ4n) is 2.37. The number of alkyl halides is 3. The third-order valence-electron chi connectivity index (χ3n) is 4.10. The molecule has 1 heterocycles. The summed E-state index contributed by atoms with van der Waals surface area (Å²) >= 11 is 0. The van der Waals surface area contributed by atoms with Crippen LogP contribution in [0.2, 0.25) is 0 Å². The van der Waals surface area contributed by atoms with Gasteiger partial charge >= 0.3 is 12.1 Å². The summed E-state index contributed by atoms with van der Waals surface area (Å²) in [5, 5.41) is 9.36. The predicted octanol–water partition coefficient (Wildman–Crippen LogP) is 4.76. The number of carboxylic acid groups (broad SMARTS) is 1. The zero-order valence-corrected chi connectivity index (χ0v) is 14.6. The minimum absolute atomic E-state index is 0.133. The first-order valence-electron chi connectivity index (χ1n) is 7.78. The number of nitrogens with zero attached hydrogens (tertiary/aromatic N) is 2. The largest absolute Gasteiger partial charge is 0.478 e. The molecule has 0 aliphatic carbocycles. The van der Waals surface area contributed by atoms with Gasteiger partial charge in [-0.05, 0) is 38.5 Å². The van der Waals surface area contributed by atoms with E-state index in [1.807, 2.05) is 0 Å². The van der Waals surface area contributed by atoms with Crippen LogP contribution in [0.4, 0.5) is 23.4 Å². The van der Waals surface area contributed by atoms with E-state index in [-0.39, 0.29) is 23.1 Å². The molecular weight excluding hydrogens is 352 g/mol. The number of anilines is 1. The molecular formula is C18H18F4N2O2. The lowest BCUT2D eigenvalue weighted by atomic mass is 10.0. The molecule has 8 heteroatoms. The second-order valence-corrected chi connectivity index (χ2v) is 6.23. The molecule has 1 aromatic carbocycles. The molecule has 0 atom stereocenters. The fraction of sp³-hybridized carbons (Fsp3) is 0.333. The summed E-state index contributed by atoms with van der Waals surface area (Å²) in [6, 6.07) is 4.30. The van der Waals surface area contributed by atoms with Crippen molar-refractivity contribution in [3.63, 3.8) is 0 Å². The molecule has 2 aromatic rings. The van der Waals surface area contributed by atoms with Crippen LogP contribution < -0.4 is 4.90 Å². The third-order valence-corrected chi connectivity index (χ3v) is 4.10. The highest BCUT2D eigenvalue weighted by atomic mass is 19.4. The molecule has 1 N–H and O–H groups in total. The normalized spacial score (nSPS) is 11.7. The van der Waals surface area contributed by atoms with E-state index in [9.17, 15) is 27.5 Å². The first kappa shape index (κ1) is 19.7. The van der Waals surface area contributed by atoms with Crippen LogP contribution in [0.25, 0.3) is 11.3 Å². The van der Waals surface area contributed by atoms with Gasteiger partial charge in [0.05, 0.1) is 11.3 Å². The van der Waals surface area contributed by atoms with Crippen molar-refractivity contribution >= 4 is 11.8 Å². The summed E-state index contributed by atoms with van der Waals surface area (Å²) in [5.41, 5.74) is -1.92. The predicted molar refractivity (Wildman–Crippen MR) is 89.9 cm³/mol. The number of rotatable bonds is 4. The number of aryl methyl sites for hydroxylation is 1. The van der Waals surface area contributed by atoms with E-state index in [2.05, 4.69) is 4.98 Å². The van der Waals surface area contributed by atoms with Crippen molar-refractivity contribution in [2.75, 3.05) is 11.9 Å². The number of benzene rings is 1. The van der Waals surface area contributed by atoms with E-state index in [4.69, 9.17) is 0 Å². The van der Waals surface area contributed by atoms with Gasteiger partial charge in [-0.25, -0.2) is 14.2 Å². The summed E-state index contributed by atoms with van der Waals surface area (Å²) < 4.78 is 54.4. The fourth-order valence-corrected chi connectivity index (χ4v) is 2.37. The molecule has 26 heavy (non-hydrogen) atoms. The number of hydrogen-bond donors (Lipinski definition) is 1. The van der Waals surface area contributed by atoms with Crippen LogP contribution in [0.3, 0.4) is 0 Å². The number of aromatic nitrogens is 1. The molecule has 0 spiro atoms. The molecule has 0 saturated heterocycles. The van der Waals surface area contributed by atoms with Crippen LogP contribution in [0.15, 0.2) is 24.3 Å². The first-order chi connectivity index (χ1) is 11.9. The molecule has 0 amide bonds. The van der Waals surface area contributed by atoms with E-state index < -0.39 is 29.1 Å². The van der Waals surface area contributed by atoms with Crippen molar-refractivity contribution in [1.29, 1.82) is 0 Å². The second-order valence-electron chi connectivity index (χ2n) is 6.23. The van der Waals surface area contributed by atoms with E-state index in [0.29, 0.717) is 11.6 Å². The first-order valence-corrected chi connectivity index (χ1v) is 7.78. The Hall–Kier alpha value is -2.64. The maximum absolute atomic E-state index is 13.8. The molecule has 0 aliphatic heterocycles.